The SMILES string of the molecule is OC[C@H]1O[C@H](Sc2cc(Cl)cnc2Br)[C@H](O)[C@@H](n2cc(-c3cc(F)c(F)c(F)c3)nn2)[C@H]1O. The Kier molecular flexibility index (Phi) is 7.29. The van der Waals surface area contributed by atoms with Crippen molar-refractivity contribution in [1.82, 2.24) is 20.0 Å². The summed E-state index contributed by atoms with van der Waals surface area (Å²) >= 11 is 10.3. The van der Waals surface area contributed by atoms with Crippen molar-refractivity contribution in [3.05, 3.63) is 57.7 Å². The first-order valence-corrected chi connectivity index (χ1v) is 11.4. The van der Waals surface area contributed by atoms with Crippen molar-refractivity contribution in [3.63, 3.8) is 0 Å². The number of aromatic nitrogens is 4. The van der Waals surface area contributed by atoms with Gasteiger partial charge in [-0.3, -0.25) is 0 Å². The van der Waals surface area contributed by atoms with Crippen LogP contribution >= 0.6 is 39.3 Å². The van der Waals surface area contributed by atoms with Gasteiger partial charge < -0.3 is 20.1 Å². The van der Waals surface area contributed by atoms with Crippen LogP contribution in [0.2, 0.25) is 5.02 Å². The molecule has 3 heterocycles. The van der Waals surface area contributed by atoms with Gasteiger partial charge in [-0.25, -0.2) is 22.8 Å². The summed E-state index contributed by atoms with van der Waals surface area (Å²) in [5.74, 6) is -4.42. The van der Waals surface area contributed by atoms with Crippen molar-refractivity contribution in [1.29, 1.82) is 0 Å². The van der Waals surface area contributed by atoms with Crippen LogP contribution < -0.4 is 0 Å². The fraction of sp³-hybridized carbons (Fsp3) is 0.316. The average Bonchev–Trinajstić information content (AvgIpc) is 3.26. The number of nitrogens with zero attached hydrogens (tertiary/aromatic N) is 4. The fourth-order valence-electron chi connectivity index (χ4n) is 3.35. The predicted octanol–water partition coefficient (Wildman–Crippen LogP) is 2.95. The van der Waals surface area contributed by atoms with E-state index in [4.69, 9.17) is 16.3 Å². The van der Waals surface area contributed by atoms with E-state index in [1.165, 1.54) is 12.4 Å². The molecule has 0 spiro atoms. The van der Waals surface area contributed by atoms with Crippen molar-refractivity contribution in [2.24, 2.45) is 0 Å². The Labute approximate surface area is 202 Å². The molecule has 0 saturated carbocycles. The summed E-state index contributed by atoms with van der Waals surface area (Å²) in [5.41, 5.74) is -1.10. The van der Waals surface area contributed by atoms with Crippen LogP contribution in [0.5, 0.6) is 0 Å². The summed E-state index contributed by atoms with van der Waals surface area (Å²) in [6, 6.07) is 1.96. The molecule has 8 nitrogen and oxygen atoms in total. The average molecular weight is 568 g/mol. The van der Waals surface area contributed by atoms with Gasteiger partial charge in [0, 0.05) is 16.7 Å². The first kappa shape index (κ1) is 24.4. The lowest BCUT2D eigenvalue weighted by atomic mass is 9.97. The van der Waals surface area contributed by atoms with Gasteiger partial charge in [0.1, 0.15) is 40.1 Å². The van der Waals surface area contributed by atoms with E-state index >= 15 is 0 Å². The van der Waals surface area contributed by atoms with Crippen LogP contribution in [-0.4, -0.2) is 65.7 Å². The van der Waals surface area contributed by atoms with Crippen LogP contribution in [0.1, 0.15) is 6.04 Å². The number of benzene rings is 1. The van der Waals surface area contributed by atoms with Crippen LogP contribution in [0.25, 0.3) is 11.3 Å². The molecule has 1 saturated heterocycles. The Morgan fingerprint density at radius 1 is 1.15 bits per heavy atom. The molecule has 1 aromatic carbocycles. The Balaban J connectivity index is 1.65. The van der Waals surface area contributed by atoms with Crippen molar-refractivity contribution in [3.8, 4) is 11.3 Å². The van der Waals surface area contributed by atoms with Gasteiger partial charge in [0.15, 0.2) is 17.5 Å². The lowest BCUT2D eigenvalue weighted by Gasteiger charge is -2.41. The van der Waals surface area contributed by atoms with Crippen molar-refractivity contribution >= 4 is 39.3 Å². The molecule has 3 aromatic rings. The Morgan fingerprint density at radius 2 is 1.85 bits per heavy atom. The Hall–Kier alpha value is -1.74. The third-order valence-corrected chi connectivity index (χ3v) is 7.25. The molecule has 0 radical (unpaired) electrons. The van der Waals surface area contributed by atoms with E-state index in [0.29, 0.717) is 14.5 Å². The zero-order chi connectivity index (χ0) is 23.9. The van der Waals surface area contributed by atoms with E-state index in [-0.39, 0.29) is 11.3 Å². The number of aliphatic hydroxyl groups excluding tert-OH is 3. The summed E-state index contributed by atoms with van der Waals surface area (Å²) in [5, 5.41) is 39.4. The van der Waals surface area contributed by atoms with E-state index < -0.39 is 53.8 Å². The normalized spacial score (nSPS) is 25.4. The minimum Gasteiger partial charge on any atom is -0.394 e. The monoisotopic (exact) mass is 566 g/mol. The first-order chi connectivity index (χ1) is 15.7. The molecule has 3 N–H and O–H groups in total. The molecule has 0 bridgehead atoms. The largest absolute Gasteiger partial charge is 0.394 e. The van der Waals surface area contributed by atoms with E-state index in [1.807, 2.05) is 0 Å². The first-order valence-electron chi connectivity index (χ1n) is 9.36. The maximum atomic E-state index is 13.6. The molecule has 1 aliphatic heterocycles. The van der Waals surface area contributed by atoms with Gasteiger partial charge in [0.25, 0.3) is 0 Å². The summed E-state index contributed by atoms with van der Waals surface area (Å²) in [6.07, 6.45) is -1.19. The van der Waals surface area contributed by atoms with E-state index in [0.717, 1.165) is 28.6 Å². The minimum atomic E-state index is -1.62. The number of ether oxygens (including phenoxy) is 1. The third kappa shape index (κ3) is 4.90. The second-order valence-corrected chi connectivity index (χ2v) is 9.42. The molecular weight excluding hydrogens is 553 g/mol. The molecule has 14 heteroatoms. The number of hydrogen-bond acceptors (Lipinski definition) is 8. The molecule has 33 heavy (non-hydrogen) atoms. The molecule has 5 atom stereocenters. The molecule has 176 valence electrons. The van der Waals surface area contributed by atoms with Crippen LogP contribution in [0.15, 0.2) is 40.1 Å². The number of pyridine rings is 1. The number of thioether (sulfide) groups is 1. The summed E-state index contributed by atoms with van der Waals surface area (Å²) < 4.78 is 47.7. The molecule has 0 unspecified atom stereocenters. The van der Waals surface area contributed by atoms with Gasteiger partial charge in [-0.2, -0.15) is 0 Å². The van der Waals surface area contributed by atoms with Crippen molar-refractivity contribution in [2.45, 2.75) is 34.7 Å². The van der Waals surface area contributed by atoms with E-state index in [9.17, 15) is 28.5 Å². The molecule has 0 amide bonds. The van der Waals surface area contributed by atoms with Gasteiger partial charge in [-0.05, 0) is 34.1 Å². The second kappa shape index (κ2) is 9.86. The zero-order valence-electron chi connectivity index (χ0n) is 16.3. The van der Waals surface area contributed by atoms with Crippen LogP contribution in [0, 0.1) is 17.5 Å². The van der Waals surface area contributed by atoms with Gasteiger partial charge >= 0.3 is 0 Å². The van der Waals surface area contributed by atoms with E-state index in [2.05, 4.69) is 31.2 Å². The Bertz CT molecular complexity index is 1150. The molecular formula is C19H15BrClF3N4O4S. The zero-order valence-corrected chi connectivity index (χ0v) is 19.5. The lowest BCUT2D eigenvalue weighted by molar-refractivity contribution is -0.178. The maximum absolute atomic E-state index is 13.6. The van der Waals surface area contributed by atoms with E-state index in [1.54, 1.807) is 6.07 Å². The lowest BCUT2D eigenvalue weighted by Crippen LogP contribution is -2.55. The van der Waals surface area contributed by atoms with Crippen LogP contribution in [0.4, 0.5) is 13.2 Å². The number of hydrogen-bond donors (Lipinski definition) is 3. The molecule has 0 aliphatic carbocycles. The second-order valence-electron chi connectivity index (χ2n) is 7.10. The highest BCUT2D eigenvalue weighted by Crippen LogP contribution is 2.40. The summed E-state index contributed by atoms with van der Waals surface area (Å²) in [6.45, 7) is -0.563. The predicted molar refractivity (Wildman–Crippen MR) is 115 cm³/mol. The van der Waals surface area contributed by atoms with Crippen molar-refractivity contribution < 1.29 is 33.2 Å². The number of halogens is 5. The highest BCUT2D eigenvalue weighted by molar-refractivity contribution is 9.10. The molecule has 1 aliphatic rings. The highest BCUT2D eigenvalue weighted by atomic mass is 79.9. The number of rotatable bonds is 5. The highest BCUT2D eigenvalue weighted by Gasteiger charge is 2.46. The van der Waals surface area contributed by atoms with Gasteiger partial charge in [-0.15, -0.1) is 5.10 Å². The van der Waals surface area contributed by atoms with Crippen LogP contribution in [-0.2, 0) is 4.74 Å². The van der Waals surface area contributed by atoms with Gasteiger partial charge in [-0.1, -0.05) is 28.6 Å². The molecule has 4 rings (SSSR count). The topological polar surface area (TPSA) is 114 Å². The summed E-state index contributed by atoms with van der Waals surface area (Å²) in [4.78, 5) is 4.61. The Morgan fingerprint density at radius 3 is 2.52 bits per heavy atom. The smallest absolute Gasteiger partial charge is 0.194 e. The van der Waals surface area contributed by atoms with Crippen molar-refractivity contribution in [2.75, 3.05) is 6.61 Å². The van der Waals surface area contributed by atoms with Gasteiger partial charge in [0.05, 0.1) is 17.8 Å². The quantitative estimate of drug-likeness (QED) is 0.319. The number of aliphatic hydroxyl groups is 3. The molecule has 1 fully saturated rings. The summed E-state index contributed by atoms with van der Waals surface area (Å²) in [7, 11) is 0. The van der Waals surface area contributed by atoms with Crippen LogP contribution in [0.3, 0.4) is 0 Å². The van der Waals surface area contributed by atoms with Gasteiger partial charge in [0.2, 0.25) is 0 Å². The molecule has 2 aromatic heterocycles. The fourth-order valence-corrected chi connectivity index (χ4v) is 5.16. The third-order valence-electron chi connectivity index (χ3n) is 4.96. The minimum absolute atomic E-state index is 0.0229. The standard InChI is InChI=1S/C19H15BrClF3N4O4S/c20-18-13(3-8(21)4-25-18)33-19-17(31)15(16(30)12(6-29)32-19)28-5-11(26-27-28)7-1-9(22)14(24)10(23)2-7/h1-5,12,15-17,19,29-31H,6H2/t12-,15+,16+,17-,19-/m1/s1. The maximum Gasteiger partial charge on any atom is 0.194 e.